The maximum absolute atomic E-state index is 12.7. The first-order chi connectivity index (χ1) is 13.1. The van der Waals surface area contributed by atoms with Crippen LogP contribution < -0.4 is 4.90 Å². The summed E-state index contributed by atoms with van der Waals surface area (Å²) in [4.78, 5) is 27.5. The number of carbonyl (C=O) groups excluding carboxylic acids is 2. The standard InChI is InChI=1S/C19H19N3O2S3/c1-3-16(24)22(12-8-9-12)18-20-21-19(27-18)25-10-14(23)17-11(2)13-6-4-5-7-15(13)26-17/h4-7,12H,3,8-10H2,1-2H3. The summed E-state index contributed by atoms with van der Waals surface area (Å²) in [7, 11) is 0. The van der Waals surface area contributed by atoms with Gasteiger partial charge < -0.3 is 0 Å². The highest BCUT2D eigenvalue weighted by molar-refractivity contribution is 8.01. The monoisotopic (exact) mass is 417 g/mol. The summed E-state index contributed by atoms with van der Waals surface area (Å²) in [5, 5.41) is 10.2. The van der Waals surface area contributed by atoms with Crippen LogP contribution in [-0.2, 0) is 4.79 Å². The van der Waals surface area contributed by atoms with E-state index in [9.17, 15) is 9.59 Å². The van der Waals surface area contributed by atoms with Gasteiger partial charge in [-0.05, 0) is 36.8 Å². The van der Waals surface area contributed by atoms with Gasteiger partial charge in [0.05, 0.1) is 10.6 Å². The molecule has 0 bridgehead atoms. The van der Waals surface area contributed by atoms with Crippen molar-refractivity contribution < 1.29 is 9.59 Å². The van der Waals surface area contributed by atoms with Gasteiger partial charge in [-0.2, -0.15) is 0 Å². The minimum absolute atomic E-state index is 0.0853. The first kappa shape index (κ1) is 18.6. The Kier molecular flexibility index (Phi) is 5.29. The maximum Gasteiger partial charge on any atom is 0.228 e. The first-order valence-corrected chi connectivity index (χ1v) is 11.5. The van der Waals surface area contributed by atoms with Gasteiger partial charge in [-0.25, -0.2) is 0 Å². The number of benzene rings is 1. The summed E-state index contributed by atoms with van der Waals surface area (Å²) in [6.07, 6.45) is 2.51. The van der Waals surface area contributed by atoms with E-state index in [4.69, 9.17) is 0 Å². The van der Waals surface area contributed by atoms with Crippen LogP contribution in [0.4, 0.5) is 5.13 Å². The summed E-state index contributed by atoms with van der Waals surface area (Å²) in [6, 6.07) is 8.36. The molecule has 0 atom stereocenters. The average Bonchev–Trinajstić information content (AvgIpc) is 3.30. The molecule has 1 aliphatic rings. The van der Waals surface area contributed by atoms with Crippen molar-refractivity contribution in [1.29, 1.82) is 0 Å². The van der Waals surface area contributed by atoms with Gasteiger partial charge in [0, 0.05) is 17.2 Å². The Morgan fingerprint density at radius 3 is 2.70 bits per heavy atom. The van der Waals surface area contributed by atoms with E-state index in [1.807, 2.05) is 32.0 Å². The molecule has 1 fully saturated rings. The van der Waals surface area contributed by atoms with E-state index in [1.165, 1.54) is 23.1 Å². The lowest BCUT2D eigenvalue weighted by atomic mass is 10.1. The van der Waals surface area contributed by atoms with Crippen molar-refractivity contribution >= 4 is 61.3 Å². The van der Waals surface area contributed by atoms with Gasteiger partial charge in [-0.3, -0.25) is 14.5 Å². The lowest BCUT2D eigenvalue weighted by Crippen LogP contribution is -2.32. The fourth-order valence-electron chi connectivity index (χ4n) is 2.96. The third-order valence-corrected chi connectivity index (χ3v) is 7.88. The van der Waals surface area contributed by atoms with Crippen molar-refractivity contribution in [2.75, 3.05) is 10.7 Å². The fraction of sp³-hybridized carbons (Fsp3) is 0.368. The smallest absolute Gasteiger partial charge is 0.228 e. The lowest BCUT2D eigenvalue weighted by molar-refractivity contribution is -0.118. The zero-order chi connectivity index (χ0) is 19.0. The molecule has 0 N–H and O–H groups in total. The van der Waals surface area contributed by atoms with Crippen molar-refractivity contribution in [2.24, 2.45) is 0 Å². The van der Waals surface area contributed by atoms with Gasteiger partial charge in [-0.1, -0.05) is 48.2 Å². The highest BCUT2D eigenvalue weighted by atomic mass is 32.2. The van der Waals surface area contributed by atoms with Crippen molar-refractivity contribution in [1.82, 2.24) is 10.2 Å². The van der Waals surface area contributed by atoms with Crippen LogP contribution in [0.2, 0.25) is 0 Å². The number of Topliss-reactive ketones (excluding diaryl/α,β-unsaturated/α-hetero) is 1. The molecule has 1 amide bonds. The van der Waals surface area contributed by atoms with Gasteiger partial charge >= 0.3 is 0 Å². The van der Waals surface area contributed by atoms with E-state index in [0.29, 0.717) is 17.3 Å². The molecule has 3 aromatic rings. The minimum atomic E-state index is 0.0853. The van der Waals surface area contributed by atoms with Crippen molar-refractivity contribution in [2.45, 2.75) is 43.5 Å². The Hall–Kier alpha value is -1.77. The van der Waals surface area contributed by atoms with Crippen LogP contribution >= 0.6 is 34.4 Å². The highest BCUT2D eigenvalue weighted by Crippen LogP contribution is 2.37. The van der Waals surface area contributed by atoms with Gasteiger partial charge in [-0.15, -0.1) is 21.5 Å². The number of anilines is 1. The summed E-state index contributed by atoms with van der Waals surface area (Å²) in [5.74, 6) is 0.522. The quantitative estimate of drug-likeness (QED) is 0.309. The van der Waals surface area contributed by atoms with Gasteiger partial charge in [0.25, 0.3) is 0 Å². The molecule has 4 rings (SSSR count). The van der Waals surface area contributed by atoms with Crippen molar-refractivity contribution in [3.63, 3.8) is 0 Å². The molecule has 5 nitrogen and oxygen atoms in total. The van der Waals surface area contributed by atoms with Crippen LogP contribution in [-0.4, -0.2) is 33.7 Å². The van der Waals surface area contributed by atoms with Crippen LogP contribution in [0.3, 0.4) is 0 Å². The van der Waals surface area contributed by atoms with Gasteiger partial charge in [0.2, 0.25) is 11.0 Å². The SMILES string of the molecule is CCC(=O)N(c1nnc(SCC(=O)c2sc3ccccc3c2C)s1)C1CC1. The zero-order valence-electron chi connectivity index (χ0n) is 15.1. The Bertz CT molecular complexity index is 1010. The first-order valence-electron chi connectivity index (χ1n) is 8.88. The third kappa shape index (κ3) is 3.79. The summed E-state index contributed by atoms with van der Waals surface area (Å²) < 4.78 is 1.87. The molecule has 0 unspecified atom stereocenters. The van der Waals surface area contributed by atoms with Crippen LogP contribution in [0.5, 0.6) is 0 Å². The van der Waals surface area contributed by atoms with E-state index in [1.54, 1.807) is 16.2 Å². The lowest BCUT2D eigenvalue weighted by Gasteiger charge is -2.17. The number of aromatic nitrogens is 2. The Morgan fingerprint density at radius 2 is 2.00 bits per heavy atom. The maximum atomic E-state index is 12.7. The number of nitrogens with zero attached hydrogens (tertiary/aromatic N) is 3. The molecule has 0 saturated heterocycles. The number of aryl methyl sites for hydroxylation is 1. The molecule has 8 heteroatoms. The summed E-state index contributed by atoms with van der Waals surface area (Å²) >= 11 is 4.34. The van der Waals surface area contributed by atoms with Crippen molar-refractivity contribution in [3.05, 3.63) is 34.7 Å². The highest BCUT2D eigenvalue weighted by Gasteiger charge is 2.35. The second-order valence-electron chi connectivity index (χ2n) is 6.46. The number of thiophene rings is 1. The number of thioether (sulfide) groups is 1. The number of rotatable bonds is 7. The summed E-state index contributed by atoms with van der Waals surface area (Å²) in [6.45, 7) is 3.87. The molecule has 140 valence electrons. The Labute approximate surface area is 169 Å². The molecule has 0 spiro atoms. The van der Waals surface area contributed by atoms with E-state index >= 15 is 0 Å². The largest absolute Gasteiger partial charge is 0.292 e. The number of amides is 1. The number of carbonyl (C=O) groups is 2. The zero-order valence-corrected chi connectivity index (χ0v) is 17.5. The minimum Gasteiger partial charge on any atom is -0.292 e. The fourth-order valence-corrected chi connectivity index (χ4v) is 6.00. The van der Waals surface area contributed by atoms with E-state index in [2.05, 4.69) is 16.3 Å². The Balaban J connectivity index is 1.45. The molecule has 2 aromatic heterocycles. The second kappa shape index (κ2) is 7.69. The molecule has 1 saturated carbocycles. The predicted octanol–water partition coefficient (Wildman–Crippen LogP) is 4.94. The second-order valence-corrected chi connectivity index (χ2v) is 9.69. The molecule has 1 aromatic carbocycles. The summed E-state index contributed by atoms with van der Waals surface area (Å²) in [5.41, 5.74) is 1.05. The predicted molar refractivity (Wildman–Crippen MR) is 112 cm³/mol. The average molecular weight is 418 g/mol. The van der Waals surface area contributed by atoms with Gasteiger partial charge in [0.1, 0.15) is 0 Å². The third-order valence-electron chi connectivity index (χ3n) is 4.51. The molecular weight excluding hydrogens is 398 g/mol. The molecule has 1 aliphatic carbocycles. The molecule has 27 heavy (non-hydrogen) atoms. The molecule has 0 radical (unpaired) electrons. The molecule has 0 aliphatic heterocycles. The molecular formula is C19H19N3O2S3. The van der Waals surface area contributed by atoms with Crippen LogP contribution in [0, 0.1) is 6.92 Å². The van der Waals surface area contributed by atoms with Crippen LogP contribution in [0.25, 0.3) is 10.1 Å². The number of ketones is 1. The van der Waals surface area contributed by atoms with Gasteiger partial charge in [0.15, 0.2) is 10.1 Å². The topological polar surface area (TPSA) is 63.2 Å². The number of hydrogen-bond donors (Lipinski definition) is 0. The van der Waals surface area contributed by atoms with Crippen molar-refractivity contribution in [3.8, 4) is 0 Å². The number of hydrogen-bond acceptors (Lipinski definition) is 7. The Morgan fingerprint density at radius 1 is 1.22 bits per heavy atom. The van der Waals surface area contributed by atoms with E-state index in [-0.39, 0.29) is 17.7 Å². The van der Waals surface area contributed by atoms with E-state index < -0.39 is 0 Å². The van der Waals surface area contributed by atoms with Crippen LogP contribution in [0.1, 0.15) is 41.4 Å². The number of fused-ring (bicyclic) bond motifs is 1. The van der Waals surface area contributed by atoms with E-state index in [0.717, 1.165) is 37.7 Å². The van der Waals surface area contributed by atoms with Crippen LogP contribution in [0.15, 0.2) is 28.6 Å². The normalized spacial score (nSPS) is 13.9. The molecule has 2 heterocycles.